The standard InChI is InChI=1S/C13H13BrClNO/c1-3-7-16(8-4-2)13(17)11-9-10(14)5-6-12(11)15/h3-6,9H,1-2,7-8H2. The van der Waals surface area contributed by atoms with E-state index in [1.807, 2.05) is 0 Å². The number of rotatable bonds is 5. The number of halogens is 2. The molecule has 1 aromatic carbocycles. The highest BCUT2D eigenvalue weighted by Crippen LogP contribution is 2.22. The van der Waals surface area contributed by atoms with Crippen molar-refractivity contribution in [3.05, 3.63) is 58.6 Å². The van der Waals surface area contributed by atoms with Crippen LogP contribution in [0.25, 0.3) is 0 Å². The van der Waals surface area contributed by atoms with Crippen LogP contribution in [0.3, 0.4) is 0 Å². The van der Waals surface area contributed by atoms with Gasteiger partial charge in [0.25, 0.3) is 5.91 Å². The Morgan fingerprint density at radius 3 is 2.47 bits per heavy atom. The van der Waals surface area contributed by atoms with Gasteiger partial charge < -0.3 is 4.90 Å². The molecule has 0 atom stereocenters. The van der Waals surface area contributed by atoms with Gasteiger partial charge in [-0.05, 0) is 18.2 Å². The predicted octanol–water partition coefficient (Wildman–Crippen LogP) is 3.92. The molecule has 0 aliphatic heterocycles. The van der Waals surface area contributed by atoms with Crippen LogP contribution in [0.15, 0.2) is 48.0 Å². The highest BCUT2D eigenvalue weighted by Gasteiger charge is 2.16. The maximum absolute atomic E-state index is 12.2. The average Bonchev–Trinajstić information content (AvgIpc) is 2.31. The summed E-state index contributed by atoms with van der Waals surface area (Å²) in [7, 11) is 0. The minimum Gasteiger partial charge on any atom is -0.331 e. The lowest BCUT2D eigenvalue weighted by molar-refractivity contribution is 0.0791. The molecule has 0 fully saturated rings. The molecule has 0 bridgehead atoms. The second-order valence-corrected chi connectivity index (χ2v) is 4.73. The molecule has 0 aromatic heterocycles. The molecule has 0 saturated heterocycles. The Morgan fingerprint density at radius 2 is 1.94 bits per heavy atom. The van der Waals surface area contributed by atoms with Gasteiger partial charge in [-0.15, -0.1) is 13.2 Å². The summed E-state index contributed by atoms with van der Waals surface area (Å²) in [6, 6.07) is 5.20. The normalized spacial score (nSPS) is 9.76. The lowest BCUT2D eigenvalue weighted by Gasteiger charge is -2.20. The molecule has 0 spiro atoms. The van der Waals surface area contributed by atoms with Crippen molar-refractivity contribution >= 4 is 33.4 Å². The van der Waals surface area contributed by atoms with Crippen LogP contribution in [0.2, 0.25) is 5.02 Å². The largest absolute Gasteiger partial charge is 0.331 e. The van der Waals surface area contributed by atoms with Gasteiger partial charge in [0, 0.05) is 17.6 Å². The fraction of sp³-hybridized carbons (Fsp3) is 0.154. The highest BCUT2D eigenvalue weighted by molar-refractivity contribution is 9.10. The van der Waals surface area contributed by atoms with Gasteiger partial charge in [0.2, 0.25) is 0 Å². The highest BCUT2D eigenvalue weighted by atomic mass is 79.9. The van der Waals surface area contributed by atoms with Crippen LogP contribution in [-0.2, 0) is 0 Å². The van der Waals surface area contributed by atoms with Crippen molar-refractivity contribution in [1.29, 1.82) is 0 Å². The summed E-state index contributed by atoms with van der Waals surface area (Å²) in [4.78, 5) is 13.8. The molecule has 0 unspecified atom stereocenters. The molecule has 0 aliphatic carbocycles. The average molecular weight is 315 g/mol. The van der Waals surface area contributed by atoms with Crippen LogP contribution in [0.1, 0.15) is 10.4 Å². The summed E-state index contributed by atoms with van der Waals surface area (Å²) >= 11 is 9.34. The van der Waals surface area contributed by atoms with E-state index in [2.05, 4.69) is 29.1 Å². The van der Waals surface area contributed by atoms with Crippen LogP contribution in [-0.4, -0.2) is 23.9 Å². The minimum atomic E-state index is -0.129. The van der Waals surface area contributed by atoms with Crippen LogP contribution in [0.4, 0.5) is 0 Å². The van der Waals surface area contributed by atoms with Gasteiger partial charge in [-0.2, -0.15) is 0 Å². The Morgan fingerprint density at radius 1 is 1.35 bits per heavy atom. The maximum atomic E-state index is 12.2. The number of nitrogens with zero attached hydrogens (tertiary/aromatic N) is 1. The SMILES string of the molecule is C=CCN(CC=C)C(=O)c1cc(Br)ccc1Cl. The Kier molecular flexibility index (Phi) is 5.45. The summed E-state index contributed by atoms with van der Waals surface area (Å²) in [5.41, 5.74) is 0.477. The Balaban J connectivity index is 3.03. The molecule has 4 heteroatoms. The van der Waals surface area contributed by atoms with E-state index in [1.165, 1.54) is 0 Å². The van der Waals surface area contributed by atoms with Crippen molar-refractivity contribution in [1.82, 2.24) is 4.90 Å². The van der Waals surface area contributed by atoms with Crippen LogP contribution in [0.5, 0.6) is 0 Å². The van der Waals surface area contributed by atoms with Gasteiger partial charge in [0.15, 0.2) is 0 Å². The second-order valence-electron chi connectivity index (χ2n) is 3.41. The zero-order valence-electron chi connectivity index (χ0n) is 9.33. The Hall–Kier alpha value is -1.06. The molecule has 1 aromatic rings. The Bertz CT molecular complexity index is 435. The number of carbonyl (C=O) groups is 1. The molecule has 2 nitrogen and oxygen atoms in total. The van der Waals surface area contributed by atoms with Crippen LogP contribution < -0.4 is 0 Å². The predicted molar refractivity (Wildman–Crippen MR) is 75.4 cm³/mol. The van der Waals surface area contributed by atoms with Crippen molar-refractivity contribution in [2.24, 2.45) is 0 Å². The molecule has 1 rings (SSSR count). The van der Waals surface area contributed by atoms with Gasteiger partial charge in [-0.1, -0.05) is 39.7 Å². The minimum absolute atomic E-state index is 0.129. The van der Waals surface area contributed by atoms with E-state index >= 15 is 0 Å². The second kappa shape index (κ2) is 6.62. The van der Waals surface area contributed by atoms with Gasteiger partial charge in [0.1, 0.15) is 0 Å². The smallest absolute Gasteiger partial charge is 0.255 e. The van der Waals surface area contributed by atoms with Crippen molar-refractivity contribution < 1.29 is 4.79 Å². The van der Waals surface area contributed by atoms with E-state index in [0.717, 1.165) is 4.47 Å². The van der Waals surface area contributed by atoms with E-state index in [9.17, 15) is 4.79 Å². The molecule has 0 radical (unpaired) electrons. The topological polar surface area (TPSA) is 20.3 Å². The maximum Gasteiger partial charge on any atom is 0.255 e. The third-order valence-electron chi connectivity index (χ3n) is 2.15. The zero-order valence-corrected chi connectivity index (χ0v) is 11.7. The summed E-state index contributed by atoms with van der Waals surface area (Å²) in [6.07, 6.45) is 3.35. The monoisotopic (exact) mass is 313 g/mol. The molecule has 0 heterocycles. The summed E-state index contributed by atoms with van der Waals surface area (Å²) in [6.45, 7) is 8.19. The van der Waals surface area contributed by atoms with E-state index in [0.29, 0.717) is 23.7 Å². The van der Waals surface area contributed by atoms with Crippen molar-refractivity contribution in [3.63, 3.8) is 0 Å². The number of amides is 1. The molecule has 0 aliphatic rings. The third-order valence-corrected chi connectivity index (χ3v) is 2.97. The summed E-state index contributed by atoms with van der Waals surface area (Å²) < 4.78 is 0.822. The van der Waals surface area contributed by atoms with Gasteiger partial charge in [-0.25, -0.2) is 0 Å². The van der Waals surface area contributed by atoms with E-state index in [-0.39, 0.29) is 5.91 Å². The zero-order chi connectivity index (χ0) is 12.8. The van der Waals surface area contributed by atoms with Crippen molar-refractivity contribution in [3.8, 4) is 0 Å². The lowest BCUT2D eigenvalue weighted by Crippen LogP contribution is -2.31. The lowest BCUT2D eigenvalue weighted by atomic mass is 10.2. The molecular formula is C13H13BrClNO. The Labute approximate surface area is 115 Å². The quantitative estimate of drug-likeness (QED) is 0.754. The first-order valence-electron chi connectivity index (χ1n) is 5.06. The molecule has 90 valence electrons. The fourth-order valence-electron chi connectivity index (χ4n) is 1.38. The van der Waals surface area contributed by atoms with E-state index < -0.39 is 0 Å². The first-order chi connectivity index (χ1) is 8.10. The molecule has 0 saturated carbocycles. The number of hydrogen-bond acceptors (Lipinski definition) is 1. The number of hydrogen-bond donors (Lipinski definition) is 0. The van der Waals surface area contributed by atoms with E-state index in [4.69, 9.17) is 11.6 Å². The summed E-state index contributed by atoms with van der Waals surface area (Å²) in [5, 5.41) is 0.441. The first-order valence-corrected chi connectivity index (χ1v) is 6.23. The fourth-order valence-corrected chi connectivity index (χ4v) is 1.94. The number of carbonyl (C=O) groups excluding carboxylic acids is 1. The van der Waals surface area contributed by atoms with Gasteiger partial charge in [-0.3, -0.25) is 4.79 Å². The molecular weight excluding hydrogens is 302 g/mol. The summed E-state index contributed by atoms with van der Waals surface area (Å²) in [5.74, 6) is -0.129. The molecule has 0 N–H and O–H groups in total. The van der Waals surface area contributed by atoms with Crippen LogP contribution in [0, 0.1) is 0 Å². The number of benzene rings is 1. The third kappa shape index (κ3) is 3.72. The first kappa shape index (κ1) is 14.0. The van der Waals surface area contributed by atoms with E-state index in [1.54, 1.807) is 35.3 Å². The molecule has 1 amide bonds. The van der Waals surface area contributed by atoms with Crippen LogP contribution >= 0.6 is 27.5 Å². The van der Waals surface area contributed by atoms with Gasteiger partial charge >= 0.3 is 0 Å². The van der Waals surface area contributed by atoms with Gasteiger partial charge in [0.05, 0.1) is 10.6 Å². The van der Waals surface area contributed by atoms with Crippen molar-refractivity contribution in [2.75, 3.05) is 13.1 Å². The van der Waals surface area contributed by atoms with Crippen molar-refractivity contribution in [2.45, 2.75) is 0 Å². The molecule has 17 heavy (non-hydrogen) atoms.